The summed E-state index contributed by atoms with van der Waals surface area (Å²) < 4.78 is 9.06. The lowest BCUT2D eigenvalue weighted by atomic mass is 10.3. The fourth-order valence-corrected chi connectivity index (χ4v) is 2.69. The maximum absolute atomic E-state index is 11.8. The molecular weight excluding hydrogens is 462 g/mol. The first kappa shape index (κ1) is 30.7. The second-order valence-electron chi connectivity index (χ2n) is 7.16. The van der Waals surface area contributed by atoms with E-state index in [-0.39, 0.29) is 45.8 Å². The number of nitrogens with zero attached hydrogens (tertiary/aromatic N) is 3. The summed E-state index contributed by atoms with van der Waals surface area (Å²) in [5, 5.41) is 36.0. The Bertz CT molecular complexity index is 699. The molecule has 194 valence electrons. The molecule has 0 radical (unpaired) electrons. The first-order chi connectivity index (χ1) is 15.9. The summed E-state index contributed by atoms with van der Waals surface area (Å²) in [7, 11) is 0. The van der Waals surface area contributed by atoms with Crippen LogP contribution in [0.15, 0.2) is 0 Å². The average Bonchev–Trinajstić information content (AvgIpc) is 2.70. The van der Waals surface area contributed by atoms with Crippen LogP contribution in [0, 0.1) is 0 Å². The standard InChI is InChI=1S/C19H31N3O12/c1-2-9-33-19(32)34-18(31)3-4-20(10-14(23)24)5-6-21(11-15(25)26)7-8-22(12-16(27)28)13-17(29)30/h2-13H2,1H3,(H,23,24)(H,25,26)(H,27,28)(H,29,30). The van der Waals surface area contributed by atoms with Crippen molar-refractivity contribution in [3.63, 3.8) is 0 Å². The second kappa shape index (κ2) is 17.2. The molecule has 0 aromatic rings. The Balaban J connectivity index is 4.92. The summed E-state index contributed by atoms with van der Waals surface area (Å²) in [5.74, 6) is -5.80. The molecule has 4 N–H and O–H groups in total. The van der Waals surface area contributed by atoms with Gasteiger partial charge in [-0.05, 0) is 6.42 Å². The van der Waals surface area contributed by atoms with Gasteiger partial charge in [-0.15, -0.1) is 0 Å². The van der Waals surface area contributed by atoms with Crippen molar-refractivity contribution in [1.29, 1.82) is 0 Å². The molecule has 0 fully saturated rings. The zero-order valence-corrected chi connectivity index (χ0v) is 18.9. The van der Waals surface area contributed by atoms with Gasteiger partial charge in [0, 0.05) is 32.7 Å². The molecule has 0 aromatic carbocycles. The molecular formula is C19H31N3O12. The Kier molecular flexibility index (Phi) is 15.5. The van der Waals surface area contributed by atoms with Crippen molar-refractivity contribution in [3.05, 3.63) is 0 Å². The molecule has 0 atom stereocenters. The van der Waals surface area contributed by atoms with E-state index in [0.29, 0.717) is 6.42 Å². The van der Waals surface area contributed by atoms with Crippen LogP contribution >= 0.6 is 0 Å². The Hall–Kier alpha value is -3.30. The molecule has 0 aliphatic carbocycles. The number of carbonyl (C=O) groups is 6. The van der Waals surface area contributed by atoms with Gasteiger partial charge >= 0.3 is 36.0 Å². The van der Waals surface area contributed by atoms with Gasteiger partial charge < -0.3 is 29.9 Å². The molecule has 0 rings (SSSR count). The van der Waals surface area contributed by atoms with Crippen LogP contribution in [0.5, 0.6) is 0 Å². The first-order valence-corrected chi connectivity index (χ1v) is 10.3. The van der Waals surface area contributed by atoms with Crippen LogP contribution < -0.4 is 0 Å². The number of ether oxygens (including phenoxy) is 2. The SMILES string of the molecule is CCCOC(=O)OC(=O)CCN(CCN(CCN(CC(=O)O)CC(=O)O)CC(=O)O)CC(=O)O. The minimum atomic E-state index is -1.25. The van der Waals surface area contributed by atoms with Gasteiger partial charge in [0.15, 0.2) is 0 Å². The number of rotatable bonds is 19. The highest BCUT2D eigenvalue weighted by Gasteiger charge is 2.19. The summed E-state index contributed by atoms with van der Waals surface area (Å²) >= 11 is 0. The van der Waals surface area contributed by atoms with Gasteiger partial charge in [-0.1, -0.05) is 6.92 Å². The quantitative estimate of drug-likeness (QED) is 0.122. The lowest BCUT2D eigenvalue weighted by Gasteiger charge is -2.27. The maximum atomic E-state index is 11.8. The average molecular weight is 493 g/mol. The van der Waals surface area contributed by atoms with Crippen molar-refractivity contribution in [2.24, 2.45) is 0 Å². The van der Waals surface area contributed by atoms with E-state index in [1.165, 1.54) is 9.80 Å². The summed E-state index contributed by atoms with van der Waals surface area (Å²) in [6.07, 6.45) is -0.942. The van der Waals surface area contributed by atoms with E-state index in [1.807, 2.05) is 0 Å². The molecule has 0 aliphatic rings. The highest BCUT2D eigenvalue weighted by Crippen LogP contribution is 2.00. The van der Waals surface area contributed by atoms with E-state index in [9.17, 15) is 28.8 Å². The van der Waals surface area contributed by atoms with Crippen molar-refractivity contribution in [3.8, 4) is 0 Å². The topological polar surface area (TPSA) is 212 Å². The van der Waals surface area contributed by atoms with Crippen molar-refractivity contribution in [2.45, 2.75) is 19.8 Å². The van der Waals surface area contributed by atoms with Crippen molar-refractivity contribution >= 4 is 36.0 Å². The predicted octanol–water partition coefficient (Wildman–Crippen LogP) is -1.29. The third kappa shape index (κ3) is 17.3. The van der Waals surface area contributed by atoms with Gasteiger partial charge in [-0.25, -0.2) is 4.79 Å². The smallest absolute Gasteiger partial charge is 0.480 e. The summed E-state index contributed by atoms with van der Waals surface area (Å²) in [6.45, 7) is -0.323. The first-order valence-electron chi connectivity index (χ1n) is 10.3. The zero-order valence-electron chi connectivity index (χ0n) is 18.9. The zero-order chi connectivity index (χ0) is 26.1. The van der Waals surface area contributed by atoms with Crippen LogP contribution in [0.1, 0.15) is 19.8 Å². The summed E-state index contributed by atoms with van der Waals surface area (Å²) in [4.78, 5) is 71.0. The van der Waals surface area contributed by atoms with E-state index in [0.717, 1.165) is 4.90 Å². The van der Waals surface area contributed by atoms with Crippen LogP contribution in [0.2, 0.25) is 0 Å². The van der Waals surface area contributed by atoms with E-state index in [1.54, 1.807) is 6.92 Å². The molecule has 0 saturated carbocycles. The molecule has 34 heavy (non-hydrogen) atoms. The Labute approximate surface area is 195 Å². The van der Waals surface area contributed by atoms with Crippen LogP contribution in [0.3, 0.4) is 0 Å². The van der Waals surface area contributed by atoms with Crippen molar-refractivity contribution < 1.29 is 58.7 Å². The van der Waals surface area contributed by atoms with Crippen LogP contribution in [-0.4, -0.2) is 137 Å². The molecule has 0 aromatic heterocycles. The minimum absolute atomic E-state index is 0.000910. The minimum Gasteiger partial charge on any atom is -0.480 e. The number of carbonyl (C=O) groups excluding carboxylic acids is 2. The van der Waals surface area contributed by atoms with Gasteiger partial charge in [-0.2, -0.15) is 0 Å². The number of hydrogen-bond acceptors (Lipinski definition) is 11. The molecule has 0 amide bonds. The van der Waals surface area contributed by atoms with Crippen LogP contribution in [-0.2, 0) is 33.4 Å². The molecule has 15 heteroatoms. The Morgan fingerprint density at radius 2 is 1.00 bits per heavy atom. The lowest BCUT2D eigenvalue weighted by molar-refractivity contribution is -0.143. The highest BCUT2D eigenvalue weighted by molar-refractivity contribution is 5.81. The molecule has 15 nitrogen and oxygen atoms in total. The highest BCUT2D eigenvalue weighted by atomic mass is 16.7. The third-order valence-electron chi connectivity index (χ3n) is 4.15. The Morgan fingerprint density at radius 1 is 0.618 bits per heavy atom. The van der Waals surface area contributed by atoms with Gasteiger partial charge in [0.25, 0.3) is 0 Å². The maximum Gasteiger partial charge on any atom is 0.516 e. The van der Waals surface area contributed by atoms with Gasteiger partial charge in [-0.3, -0.25) is 38.7 Å². The number of aliphatic carboxylic acids is 4. The number of hydrogen-bond donors (Lipinski definition) is 4. The van der Waals surface area contributed by atoms with Crippen LogP contribution in [0.4, 0.5) is 4.79 Å². The molecule has 0 saturated heterocycles. The predicted molar refractivity (Wildman–Crippen MR) is 112 cm³/mol. The second-order valence-corrected chi connectivity index (χ2v) is 7.16. The fraction of sp³-hybridized carbons (Fsp3) is 0.684. The third-order valence-corrected chi connectivity index (χ3v) is 4.15. The van der Waals surface area contributed by atoms with Crippen molar-refractivity contribution in [1.82, 2.24) is 14.7 Å². The van der Waals surface area contributed by atoms with Gasteiger partial charge in [0.2, 0.25) is 0 Å². The number of carboxylic acid groups (broad SMARTS) is 4. The van der Waals surface area contributed by atoms with Gasteiger partial charge in [0.1, 0.15) is 0 Å². The van der Waals surface area contributed by atoms with E-state index in [4.69, 9.17) is 20.4 Å². The molecule has 0 spiro atoms. The summed E-state index contributed by atoms with van der Waals surface area (Å²) in [5.41, 5.74) is 0. The molecule has 0 bridgehead atoms. The fourth-order valence-electron chi connectivity index (χ4n) is 2.69. The normalized spacial score (nSPS) is 10.9. The molecule has 0 aliphatic heterocycles. The van der Waals surface area contributed by atoms with Crippen molar-refractivity contribution in [2.75, 3.05) is 65.5 Å². The largest absolute Gasteiger partial charge is 0.516 e. The monoisotopic (exact) mass is 493 g/mol. The lowest BCUT2D eigenvalue weighted by Crippen LogP contribution is -2.45. The summed E-state index contributed by atoms with van der Waals surface area (Å²) in [6, 6.07) is 0. The number of carboxylic acids is 4. The molecule has 0 unspecified atom stereocenters. The van der Waals surface area contributed by atoms with Gasteiger partial charge in [0.05, 0.1) is 39.2 Å². The molecule has 0 heterocycles. The van der Waals surface area contributed by atoms with E-state index in [2.05, 4.69) is 9.47 Å². The Morgan fingerprint density at radius 3 is 1.41 bits per heavy atom. The van der Waals surface area contributed by atoms with E-state index < -0.39 is 62.2 Å². The number of esters is 1. The van der Waals surface area contributed by atoms with Crippen LogP contribution in [0.25, 0.3) is 0 Å². The van der Waals surface area contributed by atoms with E-state index >= 15 is 0 Å².